The van der Waals surface area contributed by atoms with Gasteiger partial charge in [-0.1, -0.05) is 13.3 Å². The second kappa shape index (κ2) is 8.00. The molecule has 3 rings (SSSR count). The topological polar surface area (TPSA) is 55.6 Å². The molecule has 2 aromatic heterocycles. The van der Waals surface area contributed by atoms with E-state index in [0.717, 1.165) is 55.7 Å². The minimum atomic E-state index is -0.0182. The number of rotatable bonds is 6. The second-order valence-corrected chi connectivity index (χ2v) is 7.13. The molecule has 0 aromatic carbocycles. The largest absolute Gasteiger partial charge is 0.378 e. The number of fused-ring (bicyclic) bond motifs is 1. The normalized spacial score (nSPS) is 20.8. The first-order valence-corrected chi connectivity index (χ1v) is 9.46. The molecule has 1 saturated carbocycles. The van der Waals surface area contributed by atoms with Crippen molar-refractivity contribution in [2.45, 2.75) is 71.4 Å². The number of aromatic nitrogens is 2. The van der Waals surface area contributed by atoms with Crippen molar-refractivity contribution >= 4 is 11.6 Å². The van der Waals surface area contributed by atoms with E-state index < -0.39 is 0 Å². The summed E-state index contributed by atoms with van der Waals surface area (Å²) in [5, 5.41) is 3.19. The Hall–Kier alpha value is -1.88. The van der Waals surface area contributed by atoms with Gasteiger partial charge in [0.05, 0.1) is 11.7 Å². The number of aryl methyl sites for hydroxylation is 2. The fourth-order valence-electron chi connectivity index (χ4n) is 3.60. The van der Waals surface area contributed by atoms with Crippen molar-refractivity contribution in [3.63, 3.8) is 0 Å². The predicted molar refractivity (Wildman–Crippen MR) is 99.0 cm³/mol. The van der Waals surface area contributed by atoms with Gasteiger partial charge in [0.25, 0.3) is 5.91 Å². The molecule has 1 aliphatic rings. The second-order valence-electron chi connectivity index (χ2n) is 7.13. The van der Waals surface area contributed by atoms with Crippen LogP contribution in [0.25, 0.3) is 5.65 Å². The Kier molecular flexibility index (Phi) is 5.74. The van der Waals surface area contributed by atoms with E-state index in [2.05, 4.69) is 17.2 Å². The minimum Gasteiger partial charge on any atom is -0.378 e. The van der Waals surface area contributed by atoms with E-state index in [0.29, 0.717) is 11.7 Å². The molecule has 25 heavy (non-hydrogen) atoms. The lowest BCUT2D eigenvalue weighted by Gasteiger charge is -2.29. The van der Waals surface area contributed by atoms with Crippen LogP contribution >= 0.6 is 0 Å². The smallest absolute Gasteiger partial charge is 0.255 e. The van der Waals surface area contributed by atoms with Gasteiger partial charge in [-0.2, -0.15) is 0 Å². The Balaban J connectivity index is 1.59. The highest BCUT2D eigenvalue weighted by atomic mass is 16.5. The zero-order valence-electron chi connectivity index (χ0n) is 15.5. The fourth-order valence-corrected chi connectivity index (χ4v) is 3.60. The molecule has 0 unspecified atom stereocenters. The van der Waals surface area contributed by atoms with Crippen LogP contribution in [0.2, 0.25) is 0 Å². The number of carbonyl (C=O) groups is 1. The van der Waals surface area contributed by atoms with Crippen LogP contribution in [0.5, 0.6) is 0 Å². The minimum absolute atomic E-state index is 0.0182. The van der Waals surface area contributed by atoms with Gasteiger partial charge in [0.1, 0.15) is 5.65 Å². The van der Waals surface area contributed by atoms with Gasteiger partial charge in [-0.05, 0) is 58.1 Å². The molecule has 5 nitrogen and oxygen atoms in total. The molecule has 0 aliphatic heterocycles. The van der Waals surface area contributed by atoms with Gasteiger partial charge in [0, 0.05) is 30.2 Å². The van der Waals surface area contributed by atoms with Crippen molar-refractivity contribution in [3.05, 3.63) is 35.3 Å². The van der Waals surface area contributed by atoms with Gasteiger partial charge in [-0.15, -0.1) is 0 Å². The monoisotopic (exact) mass is 343 g/mol. The number of carbonyl (C=O) groups excluding carboxylic acids is 1. The molecule has 0 saturated heterocycles. The number of ether oxygens (including phenoxy) is 1. The number of unbranched alkanes of at least 4 members (excludes halogenated alkanes) is 1. The lowest BCUT2D eigenvalue weighted by atomic mass is 9.92. The Morgan fingerprint density at radius 3 is 2.80 bits per heavy atom. The van der Waals surface area contributed by atoms with Crippen LogP contribution in [0.1, 0.15) is 67.2 Å². The summed E-state index contributed by atoms with van der Waals surface area (Å²) in [5.74, 6) is -0.0182. The van der Waals surface area contributed by atoms with Crippen LogP contribution < -0.4 is 5.32 Å². The first kappa shape index (κ1) is 17.9. The molecular weight excluding hydrogens is 314 g/mol. The van der Waals surface area contributed by atoms with E-state index in [1.54, 1.807) is 0 Å². The summed E-state index contributed by atoms with van der Waals surface area (Å²) in [4.78, 5) is 17.3. The van der Waals surface area contributed by atoms with Crippen molar-refractivity contribution < 1.29 is 9.53 Å². The van der Waals surface area contributed by atoms with E-state index in [-0.39, 0.29) is 11.9 Å². The van der Waals surface area contributed by atoms with Crippen molar-refractivity contribution in [3.8, 4) is 0 Å². The third-order valence-electron chi connectivity index (χ3n) is 5.04. The molecule has 1 aliphatic carbocycles. The van der Waals surface area contributed by atoms with Crippen LogP contribution in [-0.4, -0.2) is 34.0 Å². The number of nitrogens with zero attached hydrogens (tertiary/aromatic N) is 2. The quantitative estimate of drug-likeness (QED) is 0.812. The van der Waals surface area contributed by atoms with Crippen LogP contribution in [0, 0.1) is 13.8 Å². The lowest BCUT2D eigenvalue weighted by molar-refractivity contribution is 0.0209. The standard InChI is InChI=1S/C20H29N3O2/c1-4-5-12-25-17-8-6-16(7-9-17)22-20(24)18-10-11-23-15(3)13-14(2)21-19(18)23/h10-11,13,16-17H,4-9,12H2,1-3H3,(H,22,24). The molecule has 1 amide bonds. The first-order valence-electron chi connectivity index (χ1n) is 9.46. The lowest BCUT2D eigenvalue weighted by Crippen LogP contribution is -2.39. The van der Waals surface area contributed by atoms with Crippen molar-refractivity contribution in [1.82, 2.24) is 14.7 Å². The Morgan fingerprint density at radius 1 is 1.32 bits per heavy atom. The molecule has 2 aromatic rings. The zero-order valence-corrected chi connectivity index (χ0v) is 15.5. The summed E-state index contributed by atoms with van der Waals surface area (Å²) >= 11 is 0. The van der Waals surface area contributed by atoms with Gasteiger partial charge >= 0.3 is 0 Å². The summed E-state index contributed by atoms with van der Waals surface area (Å²) < 4.78 is 7.88. The Morgan fingerprint density at radius 2 is 2.08 bits per heavy atom. The van der Waals surface area contributed by atoms with E-state index in [1.807, 2.05) is 36.6 Å². The highest BCUT2D eigenvalue weighted by Crippen LogP contribution is 2.22. The average Bonchev–Trinajstić information content (AvgIpc) is 3.01. The van der Waals surface area contributed by atoms with Gasteiger partial charge < -0.3 is 14.5 Å². The van der Waals surface area contributed by atoms with E-state index in [4.69, 9.17) is 4.74 Å². The van der Waals surface area contributed by atoms with E-state index in [1.165, 1.54) is 6.42 Å². The average molecular weight is 343 g/mol. The summed E-state index contributed by atoms with van der Waals surface area (Å²) in [6.45, 7) is 7.03. The molecule has 0 bridgehead atoms. The summed E-state index contributed by atoms with van der Waals surface area (Å²) in [5.41, 5.74) is 3.42. The molecule has 0 radical (unpaired) electrons. The molecule has 0 spiro atoms. The van der Waals surface area contributed by atoms with Crippen LogP contribution in [0.4, 0.5) is 0 Å². The van der Waals surface area contributed by atoms with Gasteiger partial charge in [-0.3, -0.25) is 4.79 Å². The molecular formula is C20H29N3O2. The van der Waals surface area contributed by atoms with E-state index >= 15 is 0 Å². The maximum atomic E-state index is 12.7. The fraction of sp³-hybridized carbons (Fsp3) is 0.600. The summed E-state index contributed by atoms with van der Waals surface area (Å²) in [6, 6.07) is 4.12. The molecule has 5 heteroatoms. The third-order valence-corrected chi connectivity index (χ3v) is 5.04. The van der Waals surface area contributed by atoms with Crippen molar-refractivity contribution in [1.29, 1.82) is 0 Å². The number of amides is 1. The van der Waals surface area contributed by atoms with E-state index in [9.17, 15) is 4.79 Å². The zero-order chi connectivity index (χ0) is 17.8. The molecule has 0 atom stereocenters. The molecule has 1 fully saturated rings. The third kappa shape index (κ3) is 4.21. The van der Waals surface area contributed by atoms with Crippen molar-refractivity contribution in [2.75, 3.05) is 6.61 Å². The number of hydrogen-bond acceptors (Lipinski definition) is 3. The van der Waals surface area contributed by atoms with Crippen molar-refractivity contribution in [2.24, 2.45) is 0 Å². The predicted octanol–water partition coefficient (Wildman–Crippen LogP) is 3.81. The van der Waals surface area contributed by atoms with Gasteiger partial charge in [0.2, 0.25) is 0 Å². The maximum Gasteiger partial charge on any atom is 0.255 e. The van der Waals surface area contributed by atoms with Crippen LogP contribution in [0.15, 0.2) is 18.3 Å². The first-order chi connectivity index (χ1) is 12.1. The van der Waals surface area contributed by atoms with Gasteiger partial charge in [0.15, 0.2) is 0 Å². The van der Waals surface area contributed by atoms with Crippen LogP contribution in [0.3, 0.4) is 0 Å². The Labute approximate surface area is 149 Å². The number of nitrogens with one attached hydrogen (secondary N) is 1. The SMILES string of the molecule is CCCCOC1CCC(NC(=O)c2ccn3c(C)cc(C)nc23)CC1. The molecule has 136 valence electrons. The highest BCUT2D eigenvalue weighted by molar-refractivity contribution is 6.00. The van der Waals surface area contributed by atoms with Crippen LogP contribution in [-0.2, 0) is 4.74 Å². The summed E-state index contributed by atoms with van der Waals surface area (Å²) in [6.07, 6.45) is 8.61. The molecule has 2 heterocycles. The highest BCUT2D eigenvalue weighted by Gasteiger charge is 2.24. The Bertz CT molecular complexity index is 730. The number of hydrogen-bond donors (Lipinski definition) is 1. The van der Waals surface area contributed by atoms with Gasteiger partial charge in [-0.25, -0.2) is 4.98 Å². The molecule has 1 N–H and O–H groups in total. The summed E-state index contributed by atoms with van der Waals surface area (Å²) in [7, 11) is 0. The maximum absolute atomic E-state index is 12.7.